The average Bonchev–Trinajstić information content (AvgIpc) is 2.51. The van der Waals surface area contributed by atoms with Crippen LogP contribution in [0.25, 0.3) is 0 Å². The van der Waals surface area contributed by atoms with E-state index < -0.39 is 16.8 Å². The van der Waals surface area contributed by atoms with Crippen LogP contribution in [0, 0.1) is 0 Å². The summed E-state index contributed by atoms with van der Waals surface area (Å²) in [5, 5.41) is 0.408. The molecule has 0 radical (unpaired) electrons. The lowest BCUT2D eigenvalue weighted by Gasteiger charge is -2.51. The fraction of sp³-hybridized carbons (Fsp3) is 1.00. The second kappa shape index (κ2) is 10.0. The van der Waals surface area contributed by atoms with Crippen molar-refractivity contribution in [2.75, 3.05) is 19.8 Å². The number of hydrogen-bond donors (Lipinski definition) is 0. The fourth-order valence-corrected chi connectivity index (χ4v) is 9.25. The summed E-state index contributed by atoms with van der Waals surface area (Å²) in [6.07, 6.45) is 8.28. The van der Waals surface area contributed by atoms with Gasteiger partial charge in [0, 0.05) is 19.3 Å². The van der Waals surface area contributed by atoms with Gasteiger partial charge in [0.25, 0.3) is 0 Å². The molecule has 1 aliphatic rings. The molecule has 150 valence electrons. The van der Waals surface area contributed by atoms with Crippen LogP contribution in [-0.4, -0.2) is 47.2 Å². The Morgan fingerprint density at radius 2 is 1.44 bits per heavy atom. The molecular weight excluding hydrogens is 342 g/mol. The standard InChI is InChI=1S/C20H45NO2Si2/c1-9-22-25(8,23-10-2)18-14-17-21(19-15-12-11-13-16-19)24(6,7)20(3,4)5/h19H,9-18H2,1-8H3. The smallest absolute Gasteiger partial charge is 0.334 e. The summed E-state index contributed by atoms with van der Waals surface area (Å²) in [7, 11) is -3.47. The molecule has 0 aromatic heterocycles. The van der Waals surface area contributed by atoms with Crippen molar-refractivity contribution < 1.29 is 8.85 Å². The number of hydrogen-bond acceptors (Lipinski definition) is 3. The van der Waals surface area contributed by atoms with Crippen molar-refractivity contribution in [3.8, 4) is 0 Å². The molecule has 0 N–H and O–H groups in total. The van der Waals surface area contributed by atoms with Crippen LogP contribution < -0.4 is 0 Å². The molecular formula is C20H45NO2Si2. The van der Waals surface area contributed by atoms with Gasteiger partial charge in [-0.15, -0.1) is 0 Å². The summed E-state index contributed by atoms with van der Waals surface area (Å²) in [6.45, 7) is 21.7. The lowest BCUT2D eigenvalue weighted by Crippen LogP contribution is -2.59. The summed E-state index contributed by atoms with van der Waals surface area (Å²) in [4.78, 5) is 0. The second-order valence-corrected chi connectivity index (χ2v) is 17.9. The minimum absolute atomic E-state index is 0.408. The molecule has 5 heteroatoms. The van der Waals surface area contributed by atoms with E-state index in [0.29, 0.717) is 5.04 Å². The van der Waals surface area contributed by atoms with Crippen molar-refractivity contribution in [2.24, 2.45) is 0 Å². The van der Waals surface area contributed by atoms with Crippen molar-refractivity contribution in [1.82, 2.24) is 4.57 Å². The van der Waals surface area contributed by atoms with Crippen molar-refractivity contribution in [2.45, 2.75) is 110 Å². The van der Waals surface area contributed by atoms with Gasteiger partial charge >= 0.3 is 8.56 Å². The van der Waals surface area contributed by atoms with Gasteiger partial charge in [-0.2, -0.15) is 0 Å². The minimum atomic E-state index is -1.98. The largest absolute Gasteiger partial charge is 0.395 e. The maximum atomic E-state index is 6.06. The third-order valence-corrected chi connectivity index (χ3v) is 15.3. The van der Waals surface area contributed by atoms with Gasteiger partial charge in [-0.1, -0.05) is 53.1 Å². The molecule has 0 saturated heterocycles. The van der Waals surface area contributed by atoms with Gasteiger partial charge in [-0.05, 0) is 57.3 Å². The molecule has 0 aromatic carbocycles. The van der Waals surface area contributed by atoms with E-state index in [-0.39, 0.29) is 0 Å². The third kappa shape index (κ3) is 6.76. The Balaban J connectivity index is 2.80. The van der Waals surface area contributed by atoms with E-state index in [2.05, 4.69) is 58.8 Å². The SMILES string of the molecule is CCO[Si](C)(CCCN(C1CCCCC1)[Si](C)(C)C(C)(C)C)OCC. The first-order chi connectivity index (χ1) is 11.6. The Labute approximate surface area is 160 Å². The fourth-order valence-electron chi connectivity index (χ4n) is 4.11. The summed E-state index contributed by atoms with van der Waals surface area (Å²) in [5.74, 6) is 0. The first-order valence-corrected chi connectivity index (χ1v) is 16.1. The Kier molecular flexibility index (Phi) is 9.36. The molecule has 1 rings (SSSR count). The van der Waals surface area contributed by atoms with Gasteiger partial charge in [-0.25, -0.2) is 0 Å². The molecule has 0 bridgehead atoms. The van der Waals surface area contributed by atoms with E-state index in [4.69, 9.17) is 8.85 Å². The molecule has 0 spiro atoms. The van der Waals surface area contributed by atoms with E-state index in [9.17, 15) is 0 Å². The van der Waals surface area contributed by atoms with Gasteiger partial charge in [-0.3, -0.25) is 0 Å². The lowest BCUT2D eigenvalue weighted by atomic mass is 9.95. The third-order valence-electron chi connectivity index (χ3n) is 6.50. The van der Waals surface area contributed by atoms with Gasteiger partial charge < -0.3 is 13.4 Å². The molecule has 1 aliphatic carbocycles. The van der Waals surface area contributed by atoms with Gasteiger partial charge in [0.2, 0.25) is 0 Å². The lowest BCUT2D eigenvalue weighted by molar-refractivity contribution is 0.184. The molecule has 25 heavy (non-hydrogen) atoms. The summed E-state index contributed by atoms with van der Waals surface area (Å²) in [6, 6.07) is 1.92. The van der Waals surface area contributed by atoms with Crippen LogP contribution in [0.15, 0.2) is 0 Å². The summed E-state index contributed by atoms with van der Waals surface area (Å²) < 4.78 is 15.1. The van der Waals surface area contributed by atoms with Crippen LogP contribution in [-0.2, 0) is 8.85 Å². The van der Waals surface area contributed by atoms with Gasteiger partial charge in [0.15, 0.2) is 0 Å². The summed E-state index contributed by atoms with van der Waals surface area (Å²) in [5.41, 5.74) is 0. The Hall–Kier alpha value is 0.314. The Morgan fingerprint density at radius 1 is 0.920 bits per heavy atom. The quantitative estimate of drug-likeness (QED) is 0.419. The topological polar surface area (TPSA) is 21.7 Å². The molecule has 0 amide bonds. The van der Waals surface area contributed by atoms with Crippen LogP contribution in [0.1, 0.15) is 73.1 Å². The molecule has 0 unspecified atom stereocenters. The minimum Gasteiger partial charge on any atom is -0.395 e. The highest BCUT2D eigenvalue weighted by atomic mass is 28.4. The van der Waals surface area contributed by atoms with E-state index in [1.165, 1.54) is 45.1 Å². The Bertz CT molecular complexity index is 370. The highest BCUT2D eigenvalue weighted by Crippen LogP contribution is 2.41. The van der Waals surface area contributed by atoms with E-state index in [1.54, 1.807) is 0 Å². The summed E-state index contributed by atoms with van der Waals surface area (Å²) >= 11 is 0. The van der Waals surface area contributed by atoms with Gasteiger partial charge in [0.1, 0.15) is 8.24 Å². The normalized spacial score (nSPS) is 18.1. The average molecular weight is 388 g/mol. The predicted octanol–water partition coefficient (Wildman–Crippen LogP) is 6.16. The molecule has 0 heterocycles. The van der Waals surface area contributed by atoms with Crippen LogP contribution >= 0.6 is 0 Å². The first kappa shape index (κ1) is 23.4. The molecule has 1 saturated carbocycles. The van der Waals surface area contributed by atoms with Crippen LogP contribution in [0.3, 0.4) is 0 Å². The highest BCUT2D eigenvalue weighted by molar-refractivity contribution is 6.77. The monoisotopic (exact) mass is 387 g/mol. The number of rotatable bonds is 10. The molecule has 0 atom stereocenters. The zero-order chi connectivity index (χ0) is 19.1. The number of nitrogens with zero attached hydrogens (tertiary/aromatic N) is 1. The molecule has 3 nitrogen and oxygen atoms in total. The van der Waals surface area contributed by atoms with Crippen molar-refractivity contribution in [1.29, 1.82) is 0 Å². The highest BCUT2D eigenvalue weighted by Gasteiger charge is 2.44. The maximum Gasteiger partial charge on any atom is 0.334 e. The predicted molar refractivity (Wildman–Crippen MR) is 115 cm³/mol. The van der Waals surface area contributed by atoms with Crippen molar-refractivity contribution >= 4 is 16.8 Å². The zero-order valence-corrected chi connectivity index (χ0v) is 20.4. The van der Waals surface area contributed by atoms with Crippen LogP contribution in [0.5, 0.6) is 0 Å². The molecule has 0 aliphatic heterocycles. The Morgan fingerprint density at radius 3 is 1.88 bits per heavy atom. The van der Waals surface area contributed by atoms with Gasteiger partial charge in [0.05, 0.1) is 0 Å². The maximum absolute atomic E-state index is 6.06. The zero-order valence-electron chi connectivity index (χ0n) is 18.4. The molecule has 0 aromatic rings. The van der Waals surface area contributed by atoms with Crippen molar-refractivity contribution in [3.05, 3.63) is 0 Å². The second-order valence-electron chi connectivity index (χ2n) is 9.40. The van der Waals surface area contributed by atoms with E-state index in [1.807, 2.05) is 0 Å². The first-order valence-electron chi connectivity index (χ1n) is 10.6. The molecule has 1 fully saturated rings. The van der Waals surface area contributed by atoms with Crippen LogP contribution in [0.4, 0.5) is 0 Å². The van der Waals surface area contributed by atoms with Crippen molar-refractivity contribution in [3.63, 3.8) is 0 Å². The van der Waals surface area contributed by atoms with Crippen LogP contribution in [0.2, 0.25) is 30.7 Å². The van der Waals surface area contributed by atoms with E-state index >= 15 is 0 Å². The van der Waals surface area contributed by atoms with E-state index in [0.717, 1.165) is 25.3 Å².